The molecule has 0 saturated heterocycles. The van der Waals surface area contributed by atoms with Crippen molar-refractivity contribution in [3.05, 3.63) is 57.0 Å². The molecule has 1 atom stereocenters. The number of aryl methyl sites for hydroxylation is 1. The highest BCUT2D eigenvalue weighted by Gasteiger charge is 2.32. The molecule has 0 radical (unpaired) electrons. The lowest BCUT2D eigenvalue weighted by atomic mass is 10.00. The summed E-state index contributed by atoms with van der Waals surface area (Å²) in [5, 5.41) is 11.8. The molecule has 2 aromatic rings. The average molecular weight is 290 g/mol. The molecule has 1 N–H and O–H groups in total. The number of hydrogen-bond donors (Lipinski definition) is 1. The van der Waals surface area contributed by atoms with E-state index in [-0.39, 0.29) is 5.56 Å². The quantitative estimate of drug-likeness (QED) is 0.818. The number of thiophene rings is 1. The second-order valence-electron chi connectivity index (χ2n) is 4.11. The largest absolute Gasteiger partial charge is 0.416 e. The summed E-state index contributed by atoms with van der Waals surface area (Å²) < 4.78 is 51.0. The first-order valence-electron chi connectivity index (χ1n) is 5.39. The third kappa shape index (κ3) is 2.96. The fourth-order valence-electron chi connectivity index (χ4n) is 1.79. The summed E-state index contributed by atoms with van der Waals surface area (Å²) in [6.07, 6.45) is -5.90. The third-order valence-corrected chi connectivity index (χ3v) is 3.62. The van der Waals surface area contributed by atoms with Gasteiger partial charge in [0.1, 0.15) is 11.9 Å². The second-order valence-corrected chi connectivity index (χ2v) is 5.23. The second kappa shape index (κ2) is 4.94. The fourth-order valence-corrected chi connectivity index (χ4v) is 2.53. The summed E-state index contributed by atoms with van der Waals surface area (Å²) in [5.41, 5.74) is -0.716. The van der Waals surface area contributed by atoms with E-state index in [1.165, 1.54) is 11.3 Å². The zero-order valence-electron chi connectivity index (χ0n) is 9.83. The van der Waals surface area contributed by atoms with E-state index in [2.05, 4.69) is 0 Å². The topological polar surface area (TPSA) is 20.2 Å². The van der Waals surface area contributed by atoms with Crippen LogP contribution in [0.5, 0.6) is 0 Å². The van der Waals surface area contributed by atoms with Gasteiger partial charge in [0.05, 0.1) is 5.56 Å². The molecule has 1 aromatic heterocycles. The van der Waals surface area contributed by atoms with Gasteiger partial charge in [-0.15, -0.1) is 11.3 Å². The minimum atomic E-state index is -4.64. The monoisotopic (exact) mass is 290 g/mol. The van der Waals surface area contributed by atoms with Crippen molar-refractivity contribution in [2.75, 3.05) is 0 Å². The van der Waals surface area contributed by atoms with Crippen molar-refractivity contribution in [3.8, 4) is 0 Å². The van der Waals surface area contributed by atoms with Crippen LogP contribution in [0.2, 0.25) is 0 Å². The Morgan fingerprint density at radius 1 is 1.21 bits per heavy atom. The highest BCUT2D eigenvalue weighted by atomic mass is 32.1. The van der Waals surface area contributed by atoms with Crippen LogP contribution in [0.4, 0.5) is 17.6 Å². The van der Waals surface area contributed by atoms with Crippen molar-refractivity contribution in [1.82, 2.24) is 0 Å². The molecule has 0 aliphatic rings. The maximum Gasteiger partial charge on any atom is 0.416 e. The standard InChI is InChI=1S/C13H10F4OS/c1-7-11(2-3-19-7)12(18)8-4-9(13(15,16)17)6-10(14)5-8/h2-6,12,18H,1H3. The van der Waals surface area contributed by atoms with E-state index in [1.54, 1.807) is 18.4 Å². The van der Waals surface area contributed by atoms with Gasteiger partial charge in [0.15, 0.2) is 0 Å². The van der Waals surface area contributed by atoms with Crippen LogP contribution in [0.3, 0.4) is 0 Å². The maximum absolute atomic E-state index is 13.3. The Balaban J connectivity index is 2.46. The van der Waals surface area contributed by atoms with Crippen LogP contribution in [0, 0.1) is 12.7 Å². The normalized spacial score (nSPS) is 13.6. The molecular formula is C13H10F4OS. The molecule has 0 amide bonds. The van der Waals surface area contributed by atoms with Gasteiger partial charge in [-0.3, -0.25) is 0 Å². The highest BCUT2D eigenvalue weighted by Crippen LogP contribution is 2.34. The number of benzene rings is 1. The Morgan fingerprint density at radius 2 is 1.89 bits per heavy atom. The Labute approximate surface area is 111 Å². The summed E-state index contributed by atoms with van der Waals surface area (Å²) in [4.78, 5) is 0.783. The van der Waals surface area contributed by atoms with Gasteiger partial charge < -0.3 is 5.11 Å². The first kappa shape index (κ1) is 14.0. The van der Waals surface area contributed by atoms with Crippen LogP contribution in [-0.2, 0) is 6.18 Å². The van der Waals surface area contributed by atoms with Crippen LogP contribution < -0.4 is 0 Å². The molecule has 0 fully saturated rings. The lowest BCUT2D eigenvalue weighted by Crippen LogP contribution is -2.08. The Kier molecular flexibility index (Phi) is 3.64. The van der Waals surface area contributed by atoms with E-state index in [9.17, 15) is 22.7 Å². The predicted octanol–water partition coefficient (Wildman–Crippen LogP) is 4.30. The Morgan fingerprint density at radius 3 is 2.42 bits per heavy atom. The fraction of sp³-hybridized carbons (Fsp3) is 0.231. The average Bonchev–Trinajstić information content (AvgIpc) is 2.72. The predicted molar refractivity (Wildman–Crippen MR) is 64.5 cm³/mol. The van der Waals surface area contributed by atoms with Crippen molar-refractivity contribution in [3.63, 3.8) is 0 Å². The minimum absolute atomic E-state index is 0.103. The molecular weight excluding hydrogens is 280 g/mol. The number of alkyl halides is 3. The Bertz CT molecular complexity index is 589. The molecule has 1 aromatic carbocycles. The van der Waals surface area contributed by atoms with Gasteiger partial charge in [-0.25, -0.2) is 4.39 Å². The lowest BCUT2D eigenvalue weighted by Gasteiger charge is -2.14. The number of aliphatic hydroxyl groups is 1. The number of aliphatic hydroxyl groups excluding tert-OH is 1. The van der Waals surface area contributed by atoms with E-state index in [4.69, 9.17) is 0 Å². The van der Waals surface area contributed by atoms with Gasteiger partial charge in [0, 0.05) is 4.88 Å². The highest BCUT2D eigenvalue weighted by molar-refractivity contribution is 7.10. The van der Waals surface area contributed by atoms with Gasteiger partial charge in [-0.1, -0.05) is 0 Å². The first-order chi connectivity index (χ1) is 8.79. The van der Waals surface area contributed by atoms with Crippen molar-refractivity contribution < 1.29 is 22.7 Å². The van der Waals surface area contributed by atoms with Crippen LogP contribution in [-0.4, -0.2) is 5.11 Å². The van der Waals surface area contributed by atoms with Crippen molar-refractivity contribution in [1.29, 1.82) is 0 Å². The van der Waals surface area contributed by atoms with Gasteiger partial charge in [-0.05, 0) is 47.7 Å². The number of hydrogen-bond acceptors (Lipinski definition) is 2. The van der Waals surface area contributed by atoms with Gasteiger partial charge >= 0.3 is 6.18 Å². The molecule has 19 heavy (non-hydrogen) atoms. The van der Waals surface area contributed by atoms with Gasteiger partial charge in [0.25, 0.3) is 0 Å². The summed E-state index contributed by atoms with van der Waals surface area (Å²) in [5.74, 6) is -1.02. The van der Waals surface area contributed by atoms with E-state index in [0.717, 1.165) is 17.0 Å². The SMILES string of the molecule is Cc1sccc1C(O)c1cc(F)cc(C(F)(F)F)c1. The molecule has 2 rings (SSSR count). The summed E-state index contributed by atoms with van der Waals surface area (Å²) in [6.45, 7) is 1.74. The summed E-state index contributed by atoms with van der Waals surface area (Å²) in [7, 11) is 0. The lowest BCUT2D eigenvalue weighted by molar-refractivity contribution is -0.137. The molecule has 102 valence electrons. The van der Waals surface area contributed by atoms with Crippen molar-refractivity contribution in [2.45, 2.75) is 19.2 Å². The van der Waals surface area contributed by atoms with Crippen molar-refractivity contribution >= 4 is 11.3 Å². The Hall–Kier alpha value is -1.40. The van der Waals surface area contributed by atoms with Crippen LogP contribution >= 0.6 is 11.3 Å². The first-order valence-corrected chi connectivity index (χ1v) is 6.27. The van der Waals surface area contributed by atoms with Crippen LogP contribution in [0.25, 0.3) is 0 Å². The zero-order chi connectivity index (χ0) is 14.2. The molecule has 0 aliphatic heterocycles. The maximum atomic E-state index is 13.3. The molecule has 0 aliphatic carbocycles. The summed E-state index contributed by atoms with van der Waals surface area (Å²) >= 11 is 1.37. The minimum Gasteiger partial charge on any atom is -0.384 e. The van der Waals surface area contributed by atoms with Gasteiger partial charge in [-0.2, -0.15) is 13.2 Å². The van der Waals surface area contributed by atoms with Crippen LogP contribution in [0.1, 0.15) is 27.7 Å². The summed E-state index contributed by atoms with van der Waals surface area (Å²) in [6, 6.07) is 3.71. The number of rotatable bonds is 2. The van der Waals surface area contributed by atoms with E-state index >= 15 is 0 Å². The molecule has 0 bridgehead atoms. The smallest absolute Gasteiger partial charge is 0.384 e. The molecule has 6 heteroatoms. The molecule has 1 nitrogen and oxygen atoms in total. The van der Waals surface area contributed by atoms with Crippen LogP contribution in [0.15, 0.2) is 29.6 Å². The molecule has 1 heterocycles. The molecule has 0 saturated carbocycles. The van der Waals surface area contributed by atoms with E-state index < -0.39 is 23.7 Å². The van der Waals surface area contributed by atoms with E-state index in [0.29, 0.717) is 11.6 Å². The van der Waals surface area contributed by atoms with Gasteiger partial charge in [0.2, 0.25) is 0 Å². The number of halogens is 4. The zero-order valence-corrected chi connectivity index (χ0v) is 10.6. The third-order valence-electron chi connectivity index (χ3n) is 2.76. The molecule has 0 spiro atoms. The van der Waals surface area contributed by atoms with Crippen molar-refractivity contribution in [2.24, 2.45) is 0 Å². The van der Waals surface area contributed by atoms with E-state index in [1.807, 2.05) is 0 Å². The molecule has 1 unspecified atom stereocenters.